The molecule has 23 heavy (non-hydrogen) atoms. The molecule has 0 saturated carbocycles. The largest absolute Gasteiger partial charge is 0.493 e. The Bertz CT molecular complexity index is 652. The fourth-order valence-electron chi connectivity index (χ4n) is 2.72. The zero-order valence-corrected chi connectivity index (χ0v) is 13.8. The third-order valence-electron chi connectivity index (χ3n) is 4.10. The van der Waals surface area contributed by atoms with Crippen molar-refractivity contribution in [2.75, 3.05) is 25.1 Å². The highest BCUT2D eigenvalue weighted by molar-refractivity contribution is 5.46. The van der Waals surface area contributed by atoms with Crippen LogP contribution in [0.5, 0.6) is 5.75 Å². The number of nitrogens with zero attached hydrogens (tertiary/aromatic N) is 1. The van der Waals surface area contributed by atoms with Crippen LogP contribution >= 0.6 is 0 Å². The van der Waals surface area contributed by atoms with Crippen LogP contribution in [-0.2, 0) is 11.3 Å². The summed E-state index contributed by atoms with van der Waals surface area (Å²) < 4.78 is 11.5. The van der Waals surface area contributed by atoms with Crippen molar-refractivity contribution in [3.63, 3.8) is 0 Å². The van der Waals surface area contributed by atoms with Gasteiger partial charge in [0.2, 0.25) is 0 Å². The quantitative estimate of drug-likeness (QED) is 0.883. The fourth-order valence-corrected chi connectivity index (χ4v) is 2.72. The zero-order chi connectivity index (χ0) is 16.1. The van der Waals surface area contributed by atoms with Gasteiger partial charge >= 0.3 is 0 Å². The molecule has 1 N–H and O–H groups in total. The molecule has 0 aliphatic carbocycles. The second kappa shape index (κ2) is 7.47. The average molecular weight is 312 g/mol. The third kappa shape index (κ3) is 4.45. The Morgan fingerprint density at radius 2 is 2.17 bits per heavy atom. The number of pyridine rings is 1. The maximum absolute atomic E-state index is 6.08. The van der Waals surface area contributed by atoms with Crippen molar-refractivity contribution in [3.8, 4) is 5.75 Å². The molecule has 1 atom stereocenters. The molecule has 2 aromatic rings. The van der Waals surface area contributed by atoms with E-state index in [1.54, 1.807) is 0 Å². The summed E-state index contributed by atoms with van der Waals surface area (Å²) in [6.45, 7) is 7.22. The highest BCUT2D eigenvalue weighted by Crippen LogP contribution is 2.23. The van der Waals surface area contributed by atoms with Gasteiger partial charge in [-0.2, -0.15) is 0 Å². The van der Waals surface area contributed by atoms with E-state index in [-0.39, 0.29) is 0 Å². The molecule has 1 saturated heterocycles. The molecule has 1 unspecified atom stereocenters. The van der Waals surface area contributed by atoms with Crippen molar-refractivity contribution in [2.24, 2.45) is 5.92 Å². The Morgan fingerprint density at radius 1 is 1.26 bits per heavy atom. The lowest BCUT2D eigenvalue weighted by molar-refractivity contribution is 0.167. The first-order valence-electron chi connectivity index (χ1n) is 8.17. The van der Waals surface area contributed by atoms with Crippen LogP contribution in [0.2, 0.25) is 0 Å². The first-order valence-corrected chi connectivity index (χ1v) is 8.17. The molecule has 2 heterocycles. The predicted molar refractivity (Wildman–Crippen MR) is 91.9 cm³/mol. The smallest absolute Gasteiger partial charge is 0.124 e. The Hall–Kier alpha value is -2.07. The first-order chi connectivity index (χ1) is 11.2. The van der Waals surface area contributed by atoms with Crippen LogP contribution in [0.4, 0.5) is 5.69 Å². The zero-order valence-electron chi connectivity index (χ0n) is 13.8. The van der Waals surface area contributed by atoms with Gasteiger partial charge in [0, 0.05) is 42.2 Å². The van der Waals surface area contributed by atoms with Crippen molar-refractivity contribution < 1.29 is 9.47 Å². The molecule has 3 rings (SSSR count). The Labute approximate surface area is 137 Å². The van der Waals surface area contributed by atoms with Crippen LogP contribution in [0.25, 0.3) is 0 Å². The standard InChI is InChI=1S/C19H24N2O2/c1-14-3-4-17(11-21-18-5-7-20-15(2)10-18)19(9-14)23-13-16-6-8-22-12-16/h3-5,7,9-10,16H,6,8,11-13H2,1-2H3,(H,20,21). The molecule has 1 aromatic heterocycles. The minimum Gasteiger partial charge on any atom is -0.493 e. The molecule has 0 bridgehead atoms. The van der Waals surface area contributed by atoms with Crippen molar-refractivity contribution >= 4 is 5.69 Å². The summed E-state index contributed by atoms with van der Waals surface area (Å²) >= 11 is 0. The van der Waals surface area contributed by atoms with Crippen LogP contribution in [0.1, 0.15) is 23.2 Å². The molecule has 0 amide bonds. The van der Waals surface area contributed by atoms with E-state index in [1.807, 2.05) is 25.3 Å². The first kappa shape index (κ1) is 15.8. The number of hydrogen-bond acceptors (Lipinski definition) is 4. The number of rotatable bonds is 6. The van der Waals surface area contributed by atoms with Crippen LogP contribution in [0, 0.1) is 19.8 Å². The van der Waals surface area contributed by atoms with E-state index in [4.69, 9.17) is 9.47 Å². The van der Waals surface area contributed by atoms with Crippen molar-refractivity contribution in [1.82, 2.24) is 4.98 Å². The van der Waals surface area contributed by atoms with Gasteiger partial charge in [0.15, 0.2) is 0 Å². The highest BCUT2D eigenvalue weighted by atomic mass is 16.5. The van der Waals surface area contributed by atoms with Crippen LogP contribution in [-0.4, -0.2) is 24.8 Å². The third-order valence-corrected chi connectivity index (χ3v) is 4.10. The molecule has 1 aliphatic rings. The van der Waals surface area contributed by atoms with E-state index in [0.29, 0.717) is 5.92 Å². The molecule has 1 aromatic carbocycles. The number of nitrogens with one attached hydrogen (secondary N) is 1. The summed E-state index contributed by atoms with van der Waals surface area (Å²) in [6.07, 6.45) is 2.92. The van der Waals surface area contributed by atoms with Crippen LogP contribution in [0.15, 0.2) is 36.5 Å². The maximum atomic E-state index is 6.08. The minimum atomic E-state index is 0.513. The minimum absolute atomic E-state index is 0.513. The second-order valence-corrected chi connectivity index (χ2v) is 6.19. The van der Waals surface area contributed by atoms with Crippen molar-refractivity contribution in [2.45, 2.75) is 26.8 Å². The van der Waals surface area contributed by atoms with Gasteiger partial charge in [-0.15, -0.1) is 0 Å². The Balaban J connectivity index is 1.65. The van der Waals surface area contributed by atoms with E-state index < -0.39 is 0 Å². The molecule has 0 radical (unpaired) electrons. The van der Waals surface area contributed by atoms with Gasteiger partial charge in [0.1, 0.15) is 5.75 Å². The normalized spacial score (nSPS) is 17.2. The molecule has 4 nitrogen and oxygen atoms in total. The van der Waals surface area contributed by atoms with E-state index >= 15 is 0 Å². The highest BCUT2D eigenvalue weighted by Gasteiger charge is 2.17. The van der Waals surface area contributed by atoms with Gasteiger partial charge in [-0.1, -0.05) is 12.1 Å². The SMILES string of the molecule is Cc1ccc(CNc2ccnc(C)c2)c(OCC2CCOC2)c1. The van der Waals surface area contributed by atoms with Gasteiger partial charge in [0.05, 0.1) is 13.2 Å². The maximum Gasteiger partial charge on any atom is 0.124 e. The summed E-state index contributed by atoms with van der Waals surface area (Å²) in [7, 11) is 0. The number of ether oxygens (including phenoxy) is 2. The number of benzene rings is 1. The molecule has 122 valence electrons. The predicted octanol–water partition coefficient (Wildman–Crippen LogP) is 3.73. The number of aryl methyl sites for hydroxylation is 2. The molecule has 1 fully saturated rings. The van der Waals surface area contributed by atoms with E-state index in [9.17, 15) is 0 Å². The van der Waals surface area contributed by atoms with Crippen LogP contribution in [0.3, 0.4) is 0 Å². The Morgan fingerprint density at radius 3 is 2.96 bits per heavy atom. The van der Waals surface area contributed by atoms with E-state index in [2.05, 4.69) is 35.4 Å². The number of aromatic nitrogens is 1. The second-order valence-electron chi connectivity index (χ2n) is 6.19. The lowest BCUT2D eigenvalue weighted by Gasteiger charge is -2.16. The summed E-state index contributed by atoms with van der Waals surface area (Å²) in [4.78, 5) is 4.22. The van der Waals surface area contributed by atoms with Gasteiger partial charge in [-0.05, 0) is 44.0 Å². The van der Waals surface area contributed by atoms with E-state index in [0.717, 1.165) is 49.9 Å². The molecule has 1 aliphatic heterocycles. The summed E-state index contributed by atoms with van der Waals surface area (Å²) in [6, 6.07) is 10.4. The fraction of sp³-hybridized carbons (Fsp3) is 0.421. The number of hydrogen-bond donors (Lipinski definition) is 1. The van der Waals surface area contributed by atoms with Crippen LogP contribution < -0.4 is 10.1 Å². The number of anilines is 1. The molecular formula is C19H24N2O2. The van der Waals surface area contributed by atoms with Gasteiger partial charge in [-0.25, -0.2) is 0 Å². The van der Waals surface area contributed by atoms with Gasteiger partial charge in [-0.3, -0.25) is 4.98 Å². The molecule has 4 heteroatoms. The monoisotopic (exact) mass is 312 g/mol. The summed E-state index contributed by atoms with van der Waals surface area (Å²) in [5.74, 6) is 1.48. The van der Waals surface area contributed by atoms with Gasteiger partial charge in [0.25, 0.3) is 0 Å². The summed E-state index contributed by atoms with van der Waals surface area (Å²) in [5.41, 5.74) is 4.47. The van der Waals surface area contributed by atoms with Crippen molar-refractivity contribution in [1.29, 1.82) is 0 Å². The molecule has 0 spiro atoms. The lowest BCUT2D eigenvalue weighted by Crippen LogP contribution is -2.13. The molecular weight excluding hydrogens is 288 g/mol. The van der Waals surface area contributed by atoms with E-state index in [1.165, 1.54) is 11.1 Å². The lowest BCUT2D eigenvalue weighted by atomic mass is 10.1. The average Bonchev–Trinajstić information content (AvgIpc) is 3.05. The topological polar surface area (TPSA) is 43.4 Å². The summed E-state index contributed by atoms with van der Waals surface area (Å²) in [5, 5.41) is 3.44. The Kier molecular flexibility index (Phi) is 5.13. The van der Waals surface area contributed by atoms with Gasteiger partial charge < -0.3 is 14.8 Å². The van der Waals surface area contributed by atoms with Crippen molar-refractivity contribution in [3.05, 3.63) is 53.3 Å².